The van der Waals surface area contributed by atoms with Crippen LogP contribution in [0.5, 0.6) is 0 Å². The van der Waals surface area contributed by atoms with Gasteiger partial charge in [-0.05, 0) is 36.5 Å². The number of aliphatic carboxylic acids is 1. The first-order valence-corrected chi connectivity index (χ1v) is 5.71. The lowest BCUT2D eigenvalue weighted by Crippen LogP contribution is -2.18. The molecule has 1 aliphatic heterocycles. The molecule has 0 amide bonds. The Hall–Kier alpha value is -1.51. The molecule has 1 aliphatic rings. The lowest BCUT2D eigenvalue weighted by Gasteiger charge is -2.20. The minimum atomic E-state index is -0.767. The topological polar surface area (TPSA) is 40.5 Å². The number of hydrogen-bond acceptors (Lipinski definition) is 2. The molecule has 2 rings (SSSR count). The molecule has 0 fully saturated rings. The first-order valence-electron chi connectivity index (χ1n) is 5.71. The molecule has 0 radical (unpaired) electrons. The number of hydrogen-bond donors (Lipinski definition) is 1. The van der Waals surface area contributed by atoms with E-state index < -0.39 is 5.97 Å². The molecule has 0 saturated heterocycles. The second kappa shape index (κ2) is 4.56. The van der Waals surface area contributed by atoms with Gasteiger partial charge in [-0.2, -0.15) is 0 Å². The molecule has 16 heavy (non-hydrogen) atoms. The fraction of sp³-hybridized carbons (Fsp3) is 0.462. The molecule has 0 unspecified atom stereocenters. The van der Waals surface area contributed by atoms with Crippen molar-refractivity contribution in [1.82, 2.24) is 0 Å². The van der Waals surface area contributed by atoms with Crippen molar-refractivity contribution in [3.05, 3.63) is 29.3 Å². The van der Waals surface area contributed by atoms with Gasteiger partial charge < -0.3 is 10.0 Å². The summed E-state index contributed by atoms with van der Waals surface area (Å²) in [6.07, 6.45) is 3.64. The van der Waals surface area contributed by atoms with Gasteiger partial charge in [0.2, 0.25) is 0 Å². The van der Waals surface area contributed by atoms with Gasteiger partial charge >= 0.3 is 5.97 Å². The van der Waals surface area contributed by atoms with Crippen LogP contribution < -0.4 is 4.90 Å². The zero-order valence-electron chi connectivity index (χ0n) is 9.57. The van der Waals surface area contributed by atoms with Crippen LogP contribution in [-0.2, 0) is 17.6 Å². The van der Waals surface area contributed by atoms with Crippen LogP contribution in [-0.4, -0.2) is 24.7 Å². The number of fused-ring (bicyclic) bond motifs is 1. The van der Waals surface area contributed by atoms with E-state index in [1.54, 1.807) is 0 Å². The van der Waals surface area contributed by atoms with E-state index in [0.717, 1.165) is 18.5 Å². The molecule has 0 bridgehead atoms. The molecule has 0 aliphatic carbocycles. The van der Waals surface area contributed by atoms with Crippen molar-refractivity contribution >= 4 is 11.7 Å². The molecular weight excluding hydrogens is 202 g/mol. The van der Waals surface area contributed by atoms with Crippen molar-refractivity contribution in [3.63, 3.8) is 0 Å². The maximum Gasteiger partial charge on any atom is 0.307 e. The van der Waals surface area contributed by atoms with E-state index in [1.807, 2.05) is 12.1 Å². The monoisotopic (exact) mass is 219 g/mol. The molecule has 3 heteroatoms. The summed E-state index contributed by atoms with van der Waals surface area (Å²) in [5.41, 5.74) is 3.44. The zero-order chi connectivity index (χ0) is 11.5. The molecule has 0 saturated carbocycles. The summed E-state index contributed by atoms with van der Waals surface area (Å²) in [5, 5.41) is 8.78. The van der Waals surface area contributed by atoms with Gasteiger partial charge in [0.15, 0.2) is 0 Å². The molecule has 1 aromatic carbocycles. The molecule has 0 spiro atoms. The molecule has 1 N–H and O–H groups in total. The van der Waals surface area contributed by atoms with Crippen molar-refractivity contribution in [2.75, 3.05) is 18.5 Å². The number of benzene rings is 1. The molecule has 3 nitrogen and oxygen atoms in total. The van der Waals surface area contributed by atoms with Crippen LogP contribution >= 0.6 is 0 Å². The Morgan fingerprint density at radius 3 is 3.00 bits per heavy atom. The molecular formula is C13H17NO2. The number of carboxylic acid groups (broad SMARTS) is 1. The van der Waals surface area contributed by atoms with Crippen LogP contribution in [0.2, 0.25) is 0 Å². The van der Waals surface area contributed by atoms with Crippen molar-refractivity contribution in [2.45, 2.75) is 25.7 Å². The van der Waals surface area contributed by atoms with Crippen LogP contribution in [0.25, 0.3) is 0 Å². The van der Waals surface area contributed by atoms with Gasteiger partial charge in [0.25, 0.3) is 0 Å². The van der Waals surface area contributed by atoms with E-state index in [1.165, 1.54) is 24.1 Å². The molecule has 1 heterocycles. The van der Waals surface area contributed by atoms with Crippen LogP contribution in [0.3, 0.4) is 0 Å². The van der Waals surface area contributed by atoms with Gasteiger partial charge in [0, 0.05) is 19.3 Å². The van der Waals surface area contributed by atoms with Gasteiger partial charge in [0.05, 0.1) is 6.42 Å². The molecule has 0 atom stereocenters. The van der Waals surface area contributed by atoms with E-state index in [-0.39, 0.29) is 6.42 Å². The Bertz CT molecular complexity index is 401. The van der Waals surface area contributed by atoms with E-state index >= 15 is 0 Å². The number of carboxylic acids is 1. The summed E-state index contributed by atoms with van der Waals surface area (Å²) >= 11 is 0. The van der Waals surface area contributed by atoms with Crippen LogP contribution in [0, 0.1) is 0 Å². The smallest absolute Gasteiger partial charge is 0.307 e. The van der Waals surface area contributed by atoms with E-state index in [9.17, 15) is 4.79 Å². The highest BCUT2D eigenvalue weighted by Gasteiger charge is 2.13. The Balaban J connectivity index is 2.31. The van der Waals surface area contributed by atoms with Crippen molar-refractivity contribution < 1.29 is 9.90 Å². The van der Waals surface area contributed by atoms with Crippen molar-refractivity contribution in [3.8, 4) is 0 Å². The standard InChI is InChI=1S/C13H17NO2/c1-14-7-3-2-4-11-6-5-10(8-12(11)14)9-13(15)16/h5-6,8H,2-4,7,9H2,1H3,(H,15,16). The quantitative estimate of drug-likeness (QED) is 0.828. The average molecular weight is 219 g/mol. The van der Waals surface area contributed by atoms with Crippen LogP contribution in [0.1, 0.15) is 24.0 Å². The normalized spacial score (nSPS) is 15.4. The third-order valence-electron chi connectivity index (χ3n) is 3.11. The summed E-state index contributed by atoms with van der Waals surface area (Å²) < 4.78 is 0. The zero-order valence-corrected chi connectivity index (χ0v) is 9.57. The molecule has 86 valence electrons. The second-order valence-electron chi connectivity index (χ2n) is 4.41. The minimum Gasteiger partial charge on any atom is -0.481 e. The van der Waals surface area contributed by atoms with E-state index in [0.29, 0.717) is 0 Å². The number of carbonyl (C=O) groups is 1. The summed E-state index contributed by atoms with van der Waals surface area (Å²) in [4.78, 5) is 12.9. The number of anilines is 1. The fourth-order valence-electron chi connectivity index (χ4n) is 2.25. The lowest BCUT2D eigenvalue weighted by molar-refractivity contribution is -0.136. The van der Waals surface area contributed by atoms with E-state index in [4.69, 9.17) is 5.11 Å². The SMILES string of the molecule is CN1CCCCc2ccc(CC(=O)O)cc21. The maximum absolute atomic E-state index is 10.7. The van der Waals surface area contributed by atoms with Crippen LogP contribution in [0.4, 0.5) is 5.69 Å². The van der Waals surface area contributed by atoms with Gasteiger partial charge in [0.1, 0.15) is 0 Å². The predicted molar refractivity (Wildman–Crippen MR) is 64.0 cm³/mol. The number of rotatable bonds is 2. The van der Waals surface area contributed by atoms with Gasteiger partial charge in [-0.15, -0.1) is 0 Å². The summed E-state index contributed by atoms with van der Waals surface area (Å²) in [6.45, 7) is 1.06. The highest BCUT2D eigenvalue weighted by atomic mass is 16.4. The third-order valence-corrected chi connectivity index (χ3v) is 3.11. The van der Waals surface area contributed by atoms with Crippen LogP contribution in [0.15, 0.2) is 18.2 Å². The Morgan fingerprint density at radius 1 is 1.44 bits per heavy atom. The maximum atomic E-state index is 10.7. The lowest BCUT2D eigenvalue weighted by atomic mass is 10.0. The van der Waals surface area contributed by atoms with E-state index in [2.05, 4.69) is 18.0 Å². The molecule has 1 aromatic rings. The largest absolute Gasteiger partial charge is 0.481 e. The third kappa shape index (κ3) is 2.35. The summed E-state index contributed by atoms with van der Waals surface area (Å²) in [5.74, 6) is -0.767. The highest BCUT2D eigenvalue weighted by Crippen LogP contribution is 2.26. The number of aryl methyl sites for hydroxylation is 1. The number of nitrogens with zero attached hydrogens (tertiary/aromatic N) is 1. The second-order valence-corrected chi connectivity index (χ2v) is 4.41. The first kappa shape index (κ1) is 11.0. The average Bonchev–Trinajstić information content (AvgIpc) is 2.41. The molecule has 0 aromatic heterocycles. The first-order chi connectivity index (χ1) is 7.66. The summed E-state index contributed by atoms with van der Waals surface area (Å²) in [6, 6.07) is 6.04. The van der Waals surface area contributed by atoms with Gasteiger partial charge in [-0.3, -0.25) is 4.79 Å². The van der Waals surface area contributed by atoms with Gasteiger partial charge in [-0.25, -0.2) is 0 Å². The minimum absolute atomic E-state index is 0.112. The Morgan fingerprint density at radius 2 is 2.25 bits per heavy atom. The van der Waals surface area contributed by atoms with Crippen molar-refractivity contribution in [1.29, 1.82) is 0 Å². The Kier molecular flexibility index (Phi) is 3.13. The van der Waals surface area contributed by atoms with Gasteiger partial charge in [-0.1, -0.05) is 12.1 Å². The summed E-state index contributed by atoms with van der Waals surface area (Å²) in [7, 11) is 2.08. The highest BCUT2D eigenvalue weighted by molar-refractivity contribution is 5.71. The van der Waals surface area contributed by atoms with Crippen molar-refractivity contribution in [2.24, 2.45) is 0 Å². The Labute approximate surface area is 95.7 Å². The fourth-order valence-corrected chi connectivity index (χ4v) is 2.25. The predicted octanol–water partition coefficient (Wildman–Crippen LogP) is 2.09.